The van der Waals surface area contributed by atoms with Gasteiger partial charge in [0.25, 0.3) is 0 Å². The van der Waals surface area contributed by atoms with E-state index in [2.05, 4.69) is 6.92 Å². The van der Waals surface area contributed by atoms with Crippen molar-refractivity contribution in [3.05, 3.63) is 0 Å². The van der Waals surface area contributed by atoms with Crippen molar-refractivity contribution < 1.29 is 5.11 Å². The third kappa shape index (κ3) is 3.74. The topological polar surface area (TPSA) is 19.9 Å². The molecule has 3 aliphatic carbocycles. The van der Waals surface area contributed by atoms with Crippen LogP contribution in [0.5, 0.6) is 0 Å². The van der Waals surface area contributed by atoms with Crippen molar-refractivity contribution in [2.45, 2.75) is 72.1 Å². The molecule has 1 heteroatoms. The molecule has 1 radical (unpaired) electrons. The highest BCUT2D eigenvalue weighted by Gasteiger charge is 2.46. The van der Waals surface area contributed by atoms with E-state index in [0.717, 1.165) is 29.6 Å². The van der Waals surface area contributed by atoms with Crippen LogP contribution in [0.3, 0.4) is 0 Å². The monoisotopic (exact) mass is 265 g/mol. The fourth-order valence-corrected chi connectivity index (χ4v) is 4.91. The van der Waals surface area contributed by atoms with Gasteiger partial charge in [-0.3, -0.25) is 0 Å². The predicted octanol–water partition coefficient (Wildman–Crippen LogP) is 5.32. The van der Waals surface area contributed by atoms with Crippen LogP contribution in [-0.2, 0) is 5.11 Å². The van der Waals surface area contributed by atoms with Gasteiger partial charge in [-0.25, -0.2) is 5.11 Å². The van der Waals surface area contributed by atoms with Gasteiger partial charge < -0.3 is 0 Å². The van der Waals surface area contributed by atoms with Crippen molar-refractivity contribution in [1.82, 2.24) is 0 Å². The lowest BCUT2D eigenvalue weighted by Crippen LogP contribution is -2.26. The molecule has 5 atom stereocenters. The van der Waals surface area contributed by atoms with E-state index in [4.69, 9.17) is 0 Å². The van der Waals surface area contributed by atoms with Crippen LogP contribution in [0.1, 0.15) is 72.1 Å². The van der Waals surface area contributed by atoms with Crippen LogP contribution in [0, 0.1) is 35.5 Å². The lowest BCUT2D eigenvalue weighted by atomic mass is 9.70. The molecular formula is C18H33O. The molecule has 0 bridgehead atoms. The SMILES string of the molecule is CC(C)C[O].CC1CCCC2C1CC1CCCCC12. The zero-order valence-corrected chi connectivity index (χ0v) is 13.2. The molecule has 0 aliphatic heterocycles. The van der Waals surface area contributed by atoms with Crippen molar-refractivity contribution >= 4 is 0 Å². The molecule has 0 spiro atoms. The summed E-state index contributed by atoms with van der Waals surface area (Å²) in [4.78, 5) is 0. The zero-order valence-electron chi connectivity index (χ0n) is 13.2. The Morgan fingerprint density at radius 2 is 1.53 bits per heavy atom. The van der Waals surface area contributed by atoms with Gasteiger partial charge >= 0.3 is 0 Å². The second-order valence-corrected chi connectivity index (χ2v) is 7.74. The molecule has 3 aliphatic rings. The molecule has 3 rings (SSSR count). The Hall–Kier alpha value is -0.0400. The van der Waals surface area contributed by atoms with Gasteiger partial charge in [-0.1, -0.05) is 52.9 Å². The van der Waals surface area contributed by atoms with Gasteiger partial charge in [-0.15, -0.1) is 0 Å². The maximum absolute atomic E-state index is 9.63. The number of fused-ring (bicyclic) bond motifs is 3. The Morgan fingerprint density at radius 1 is 0.895 bits per heavy atom. The van der Waals surface area contributed by atoms with E-state index in [1.54, 1.807) is 32.1 Å². The van der Waals surface area contributed by atoms with Crippen LogP contribution in [0.2, 0.25) is 0 Å². The largest absolute Gasteiger partial charge is 0.236 e. The van der Waals surface area contributed by atoms with E-state index in [1.165, 1.54) is 19.3 Å². The Labute approximate surface area is 120 Å². The first-order chi connectivity index (χ1) is 9.13. The van der Waals surface area contributed by atoms with Crippen LogP contribution >= 0.6 is 0 Å². The summed E-state index contributed by atoms with van der Waals surface area (Å²) < 4.78 is 0. The smallest absolute Gasteiger partial charge is 0.0845 e. The van der Waals surface area contributed by atoms with Crippen LogP contribution < -0.4 is 0 Å². The van der Waals surface area contributed by atoms with Gasteiger partial charge in [0.15, 0.2) is 0 Å². The fraction of sp³-hybridized carbons (Fsp3) is 1.00. The predicted molar refractivity (Wildman–Crippen MR) is 80.5 cm³/mol. The van der Waals surface area contributed by atoms with Crippen LogP contribution in [0.4, 0.5) is 0 Å². The lowest BCUT2D eigenvalue weighted by Gasteiger charge is -2.35. The van der Waals surface area contributed by atoms with E-state index in [0.29, 0.717) is 5.92 Å². The third-order valence-corrected chi connectivity index (χ3v) is 5.90. The molecule has 3 fully saturated rings. The molecule has 5 unspecified atom stereocenters. The second kappa shape index (κ2) is 7.11. The normalized spacial score (nSPS) is 41.2. The quantitative estimate of drug-likeness (QED) is 0.611. The number of hydrogen-bond acceptors (Lipinski definition) is 0. The van der Waals surface area contributed by atoms with Gasteiger partial charge in [0.05, 0.1) is 6.61 Å². The molecule has 19 heavy (non-hydrogen) atoms. The van der Waals surface area contributed by atoms with E-state index < -0.39 is 0 Å². The Kier molecular flexibility index (Phi) is 5.74. The minimum Gasteiger partial charge on any atom is -0.236 e. The molecule has 1 nitrogen and oxygen atoms in total. The van der Waals surface area contributed by atoms with E-state index >= 15 is 0 Å². The number of hydrogen-bond donors (Lipinski definition) is 0. The minimum absolute atomic E-state index is 0.0556. The first-order valence-electron chi connectivity index (χ1n) is 8.71. The highest BCUT2D eigenvalue weighted by Crippen LogP contribution is 2.55. The molecule has 0 amide bonds. The summed E-state index contributed by atoms with van der Waals surface area (Å²) in [6.45, 7) is 6.40. The van der Waals surface area contributed by atoms with Crippen LogP contribution in [0.15, 0.2) is 0 Å². The Bertz CT molecular complexity index is 258. The molecule has 111 valence electrons. The fourth-order valence-electron chi connectivity index (χ4n) is 4.91. The van der Waals surface area contributed by atoms with Crippen molar-refractivity contribution in [2.24, 2.45) is 35.5 Å². The molecule has 0 aromatic carbocycles. The molecule has 0 aromatic heterocycles. The first kappa shape index (κ1) is 15.4. The van der Waals surface area contributed by atoms with Gasteiger partial charge in [0, 0.05) is 0 Å². The summed E-state index contributed by atoms with van der Waals surface area (Å²) in [5, 5.41) is 9.63. The van der Waals surface area contributed by atoms with E-state index in [9.17, 15) is 5.11 Å². The Balaban J connectivity index is 0.000000232. The van der Waals surface area contributed by atoms with Crippen LogP contribution in [0.25, 0.3) is 0 Å². The summed E-state index contributed by atoms with van der Waals surface area (Å²) in [5.41, 5.74) is 0. The van der Waals surface area contributed by atoms with Crippen molar-refractivity contribution in [3.63, 3.8) is 0 Å². The molecular weight excluding hydrogens is 232 g/mol. The zero-order chi connectivity index (χ0) is 13.8. The molecule has 0 aromatic rings. The number of rotatable bonds is 1. The summed E-state index contributed by atoms with van der Waals surface area (Å²) in [5.74, 6) is 5.99. The maximum atomic E-state index is 9.63. The third-order valence-electron chi connectivity index (χ3n) is 5.90. The molecule has 0 heterocycles. The minimum atomic E-state index is 0.0556. The van der Waals surface area contributed by atoms with Gasteiger partial charge in [0.1, 0.15) is 0 Å². The first-order valence-corrected chi connectivity index (χ1v) is 8.71. The summed E-state index contributed by atoms with van der Waals surface area (Å²) in [6, 6.07) is 0. The lowest BCUT2D eigenvalue weighted by molar-refractivity contribution is 0.148. The average molecular weight is 265 g/mol. The average Bonchev–Trinajstić information content (AvgIpc) is 2.80. The highest BCUT2D eigenvalue weighted by atomic mass is 16.3. The highest BCUT2D eigenvalue weighted by molar-refractivity contribution is 4.96. The summed E-state index contributed by atoms with van der Waals surface area (Å²) in [6.07, 6.45) is 12.5. The van der Waals surface area contributed by atoms with Crippen LogP contribution in [-0.4, -0.2) is 6.61 Å². The van der Waals surface area contributed by atoms with Gasteiger partial charge in [-0.05, 0) is 54.8 Å². The molecule has 3 saturated carbocycles. The van der Waals surface area contributed by atoms with Crippen molar-refractivity contribution in [2.75, 3.05) is 6.61 Å². The van der Waals surface area contributed by atoms with E-state index in [1.807, 2.05) is 13.8 Å². The standard InChI is InChI=1S/C14H24.C4H9O/c1-10-5-4-8-13-12-7-3-2-6-11(12)9-14(10)13;1-4(2)3-5/h10-14H,2-9H2,1H3;4H,3H2,1-2H3. The second-order valence-electron chi connectivity index (χ2n) is 7.74. The van der Waals surface area contributed by atoms with Gasteiger partial charge in [0.2, 0.25) is 0 Å². The maximum Gasteiger partial charge on any atom is 0.0845 e. The molecule has 0 N–H and O–H groups in total. The van der Waals surface area contributed by atoms with E-state index in [-0.39, 0.29) is 6.61 Å². The van der Waals surface area contributed by atoms with Crippen molar-refractivity contribution in [1.29, 1.82) is 0 Å². The summed E-state index contributed by atoms with van der Waals surface area (Å²) in [7, 11) is 0. The van der Waals surface area contributed by atoms with Crippen molar-refractivity contribution in [3.8, 4) is 0 Å². The molecule has 0 saturated heterocycles. The Morgan fingerprint density at radius 3 is 2.21 bits per heavy atom. The van der Waals surface area contributed by atoms with Gasteiger partial charge in [-0.2, -0.15) is 0 Å². The summed E-state index contributed by atoms with van der Waals surface area (Å²) >= 11 is 0.